The summed E-state index contributed by atoms with van der Waals surface area (Å²) in [4.78, 5) is 0. The van der Waals surface area contributed by atoms with Gasteiger partial charge >= 0.3 is 0 Å². The Labute approximate surface area is 103 Å². The second kappa shape index (κ2) is 4.11. The fraction of sp³-hybridized carbons (Fsp3) is 0.600. The summed E-state index contributed by atoms with van der Waals surface area (Å²) < 4.78 is 0. The van der Waals surface area contributed by atoms with Gasteiger partial charge in [0.15, 0.2) is 0 Å². The molecule has 1 heterocycles. The van der Waals surface area contributed by atoms with E-state index in [1.54, 1.807) is 0 Å². The van der Waals surface area contributed by atoms with Crippen molar-refractivity contribution in [3.05, 3.63) is 35.4 Å². The van der Waals surface area contributed by atoms with E-state index in [4.69, 9.17) is 0 Å². The number of nitrogens with one attached hydrogen (secondary N) is 1. The molecule has 1 aromatic carbocycles. The van der Waals surface area contributed by atoms with Gasteiger partial charge in [-0.15, -0.1) is 0 Å². The van der Waals surface area contributed by atoms with E-state index in [2.05, 4.69) is 36.5 Å². The Morgan fingerprint density at radius 3 is 3.00 bits per heavy atom. The van der Waals surface area contributed by atoms with E-state index in [1.165, 1.54) is 17.5 Å². The first-order valence-corrected chi connectivity index (χ1v) is 6.73. The molecule has 0 spiro atoms. The van der Waals surface area contributed by atoms with E-state index in [1.807, 2.05) is 0 Å². The maximum absolute atomic E-state index is 10.9. The molecule has 0 saturated heterocycles. The van der Waals surface area contributed by atoms with Gasteiger partial charge < -0.3 is 10.4 Å². The highest BCUT2D eigenvalue weighted by Crippen LogP contribution is 2.43. The van der Waals surface area contributed by atoms with E-state index in [9.17, 15) is 5.11 Å². The van der Waals surface area contributed by atoms with Crippen molar-refractivity contribution in [1.82, 2.24) is 5.32 Å². The van der Waals surface area contributed by atoms with Gasteiger partial charge in [-0.25, -0.2) is 0 Å². The van der Waals surface area contributed by atoms with Crippen molar-refractivity contribution >= 4 is 0 Å². The van der Waals surface area contributed by atoms with Crippen molar-refractivity contribution < 1.29 is 5.11 Å². The van der Waals surface area contributed by atoms with Crippen LogP contribution in [0.25, 0.3) is 0 Å². The van der Waals surface area contributed by atoms with Crippen LogP contribution in [0.2, 0.25) is 0 Å². The first kappa shape index (κ1) is 11.2. The molecule has 1 fully saturated rings. The smallest absolute Gasteiger partial charge is 0.0844 e. The highest BCUT2D eigenvalue weighted by molar-refractivity contribution is 5.36. The summed E-state index contributed by atoms with van der Waals surface area (Å²) in [5.41, 5.74) is 2.12. The van der Waals surface area contributed by atoms with Crippen molar-refractivity contribution in [3.8, 4) is 0 Å². The van der Waals surface area contributed by atoms with Gasteiger partial charge in [0, 0.05) is 6.54 Å². The molecule has 1 aliphatic heterocycles. The van der Waals surface area contributed by atoms with Crippen LogP contribution in [-0.4, -0.2) is 10.7 Å². The molecular weight excluding hydrogens is 210 g/mol. The summed E-state index contributed by atoms with van der Waals surface area (Å²) in [6.45, 7) is 3.16. The summed E-state index contributed by atoms with van der Waals surface area (Å²) >= 11 is 0. The third-order valence-electron chi connectivity index (χ3n) is 4.41. The van der Waals surface area contributed by atoms with E-state index in [0.29, 0.717) is 5.92 Å². The zero-order valence-corrected chi connectivity index (χ0v) is 10.4. The Morgan fingerprint density at radius 1 is 1.35 bits per heavy atom. The van der Waals surface area contributed by atoms with Gasteiger partial charge in [0.25, 0.3) is 0 Å². The van der Waals surface area contributed by atoms with Gasteiger partial charge in [-0.3, -0.25) is 0 Å². The summed E-state index contributed by atoms with van der Waals surface area (Å²) in [5.74, 6) is 0.642. The van der Waals surface area contributed by atoms with Gasteiger partial charge in [0.1, 0.15) is 0 Å². The molecule has 17 heavy (non-hydrogen) atoms. The summed E-state index contributed by atoms with van der Waals surface area (Å²) in [6.07, 6.45) is 4.27. The molecule has 0 radical (unpaired) electrons. The van der Waals surface area contributed by atoms with Crippen molar-refractivity contribution in [2.24, 2.45) is 5.92 Å². The average molecular weight is 231 g/mol. The Kier molecular flexibility index (Phi) is 2.72. The molecule has 0 aromatic heterocycles. The van der Waals surface area contributed by atoms with Gasteiger partial charge in [0.05, 0.1) is 11.6 Å². The van der Waals surface area contributed by atoms with Crippen LogP contribution in [0, 0.1) is 5.92 Å². The molecule has 0 bridgehead atoms. The van der Waals surface area contributed by atoms with Crippen molar-refractivity contribution in [1.29, 1.82) is 0 Å². The quantitative estimate of drug-likeness (QED) is 0.779. The zero-order valence-electron chi connectivity index (χ0n) is 10.4. The normalized spacial score (nSPS) is 36.8. The maximum Gasteiger partial charge on any atom is 0.0844 e. The Hall–Kier alpha value is -0.860. The van der Waals surface area contributed by atoms with Crippen molar-refractivity contribution in [2.45, 2.75) is 50.8 Å². The minimum atomic E-state index is -0.537. The van der Waals surface area contributed by atoms with E-state index in [-0.39, 0.29) is 6.04 Å². The maximum atomic E-state index is 10.9. The highest BCUT2D eigenvalue weighted by Gasteiger charge is 2.43. The van der Waals surface area contributed by atoms with Gasteiger partial charge in [-0.1, -0.05) is 44.0 Å². The van der Waals surface area contributed by atoms with Crippen LogP contribution in [-0.2, 0) is 6.54 Å². The number of hydrogen-bond acceptors (Lipinski definition) is 2. The summed E-state index contributed by atoms with van der Waals surface area (Å²) in [6, 6.07) is 8.63. The summed E-state index contributed by atoms with van der Waals surface area (Å²) in [5, 5.41) is 14.4. The number of benzene rings is 1. The first-order chi connectivity index (χ1) is 8.19. The van der Waals surface area contributed by atoms with Crippen LogP contribution in [0.5, 0.6) is 0 Å². The van der Waals surface area contributed by atoms with Gasteiger partial charge in [-0.2, -0.15) is 0 Å². The SMILES string of the molecule is CC1CCCC(O)(C2NCc3ccccc32)C1. The fourth-order valence-electron chi connectivity index (χ4n) is 3.60. The van der Waals surface area contributed by atoms with Crippen LogP contribution in [0.3, 0.4) is 0 Å². The van der Waals surface area contributed by atoms with Crippen molar-refractivity contribution in [3.63, 3.8) is 0 Å². The molecule has 3 unspecified atom stereocenters. The van der Waals surface area contributed by atoms with E-state index < -0.39 is 5.60 Å². The lowest BCUT2D eigenvalue weighted by Gasteiger charge is -2.40. The first-order valence-electron chi connectivity index (χ1n) is 6.73. The Morgan fingerprint density at radius 2 is 2.18 bits per heavy atom. The minimum absolute atomic E-state index is 0.140. The molecule has 92 valence electrons. The van der Waals surface area contributed by atoms with Crippen molar-refractivity contribution in [2.75, 3.05) is 0 Å². The lowest BCUT2D eigenvalue weighted by atomic mass is 9.73. The molecule has 3 rings (SSSR count). The molecule has 1 aliphatic carbocycles. The molecule has 2 heteroatoms. The molecule has 2 N–H and O–H groups in total. The van der Waals surface area contributed by atoms with Crippen LogP contribution in [0.1, 0.15) is 49.8 Å². The monoisotopic (exact) mass is 231 g/mol. The van der Waals surface area contributed by atoms with Crippen LogP contribution in [0.15, 0.2) is 24.3 Å². The highest BCUT2D eigenvalue weighted by atomic mass is 16.3. The second-order valence-electron chi connectivity index (χ2n) is 5.82. The minimum Gasteiger partial charge on any atom is -0.388 e. The Balaban J connectivity index is 1.90. The topological polar surface area (TPSA) is 32.3 Å². The van der Waals surface area contributed by atoms with E-state index in [0.717, 1.165) is 25.8 Å². The molecular formula is C15H21NO. The predicted molar refractivity (Wildman–Crippen MR) is 68.6 cm³/mol. The van der Waals surface area contributed by atoms with Crippen LogP contribution in [0.4, 0.5) is 0 Å². The number of rotatable bonds is 1. The zero-order chi connectivity index (χ0) is 11.9. The van der Waals surface area contributed by atoms with Gasteiger partial charge in [0.2, 0.25) is 0 Å². The van der Waals surface area contributed by atoms with Crippen LogP contribution >= 0.6 is 0 Å². The lowest BCUT2D eigenvalue weighted by molar-refractivity contribution is -0.0434. The number of aliphatic hydroxyl groups is 1. The average Bonchev–Trinajstić information content (AvgIpc) is 2.72. The second-order valence-corrected chi connectivity index (χ2v) is 5.82. The van der Waals surface area contributed by atoms with E-state index >= 15 is 0 Å². The summed E-state index contributed by atoms with van der Waals surface area (Å²) in [7, 11) is 0. The third-order valence-corrected chi connectivity index (χ3v) is 4.41. The molecule has 1 aromatic rings. The molecule has 2 nitrogen and oxygen atoms in total. The fourth-order valence-corrected chi connectivity index (χ4v) is 3.60. The molecule has 3 atom stereocenters. The number of fused-ring (bicyclic) bond motifs is 1. The standard InChI is InChI=1S/C15H21NO/c1-11-5-4-8-15(17,9-11)14-13-7-3-2-6-12(13)10-16-14/h2-3,6-7,11,14,16-17H,4-5,8-10H2,1H3. The third kappa shape index (κ3) is 1.90. The molecule has 1 saturated carbocycles. The van der Waals surface area contributed by atoms with Crippen LogP contribution < -0.4 is 5.32 Å². The molecule has 2 aliphatic rings. The largest absolute Gasteiger partial charge is 0.388 e. The molecule has 0 amide bonds. The van der Waals surface area contributed by atoms with Gasteiger partial charge in [-0.05, 0) is 29.9 Å². The number of hydrogen-bond donors (Lipinski definition) is 2. The predicted octanol–water partition coefficient (Wildman–Crippen LogP) is 2.77. The Bertz CT molecular complexity index is 417. The lowest BCUT2D eigenvalue weighted by Crippen LogP contribution is -2.44.